The van der Waals surface area contributed by atoms with Crippen molar-refractivity contribution in [2.75, 3.05) is 0 Å². The first-order valence-corrected chi connectivity index (χ1v) is 8.61. The average molecular weight is 290 g/mol. The summed E-state index contributed by atoms with van der Waals surface area (Å²) in [5.74, 6) is 5.75. The third kappa shape index (κ3) is 4.30. The quantitative estimate of drug-likeness (QED) is 0.380. The van der Waals surface area contributed by atoms with Crippen molar-refractivity contribution in [2.45, 2.75) is 57.9 Å². The van der Waals surface area contributed by atoms with Gasteiger partial charge in [0.25, 0.3) is 0 Å². The lowest BCUT2D eigenvalue weighted by Gasteiger charge is -2.13. The molecule has 3 heteroatoms. The summed E-state index contributed by atoms with van der Waals surface area (Å²) in [7, 11) is 0. The van der Waals surface area contributed by atoms with Crippen LogP contribution in [0.1, 0.15) is 62.8 Å². The fourth-order valence-corrected chi connectivity index (χ4v) is 3.77. The molecule has 2 nitrogen and oxygen atoms in total. The van der Waals surface area contributed by atoms with Crippen LogP contribution < -0.4 is 11.3 Å². The molecule has 1 atom stereocenters. The minimum Gasteiger partial charge on any atom is -0.271 e. The van der Waals surface area contributed by atoms with Gasteiger partial charge in [-0.3, -0.25) is 11.3 Å². The van der Waals surface area contributed by atoms with E-state index in [1.165, 1.54) is 53.5 Å². The highest BCUT2D eigenvalue weighted by atomic mass is 32.1. The number of unbranched alkanes of at least 4 members (excludes halogenated alkanes) is 5. The van der Waals surface area contributed by atoms with Crippen LogP contribution in [0.25, 0.3) is 10.1 Å². The van der Waals surface area contributed by atoms with Crippen molar-refractivity contribution in [3.8, 4) is 0 Å². The van der Waals surface area contributed by atoms with Crippen molar-refractivity contribution in [2.24, 2.45) is 5.84 Å². The Balaban J connectivity index is 1.84. The molecule has 0 saturated carbocycles. The Morgan fingerprint density at radius 1 is 1.10 bits per heavy atom. The molecule has 1 unspecified atom stereocenters. The van der Waals surface area contributed by atoms with Crippen molar-refractivity contribution >= 4 is 21.4 Å². The number of nitrogens with one attached hydrogen (secondary N) is 1. The molecule has 0 aliphatic carbocycles. The number of fused-ring (bicyclic) bond motifs is 1. The maximum atomic E-state index is 5.75. The molecular weight excluding hydrogens is 264 g/mol. The van der Waals surface area contributed by atoms with Gasteiger partial charge in [0.05, 0.1) is 6.04 Å². The lowest BCUT2D eigenvalue weighted by atomic mass is 10.0. The van der Waals surface area contributed by atoms with E-state index in [0.29, 0.717) is 6.04 Å². The molecule has 1 aromatic carbocycles. The minimum atomic E-state index is 0.304. The van der Waals surface area contributed by atoms with E-state index in [-0.39, 0.29) is 0 Å². The normalized spacial score (nSPS) is 12.9. The molecule has 0 bridgehead atoms. The third-order valence-electron chi connectivity index (χ3n) is 3.84. The van der Waals surface area contributed by atoms with Crippen LogP contribution >= 0.6 is 11.3 Å². The Bertz CT molecular complexity index is 473. The first kappa shape index (κ1) is 15.5. The zero-order valence-electron chi connectivity index (χ0n) is 12.4. The summed E-state index contributed by atoms with van der Waals surface area (Å²) in [6.45, 7) is 2.26. The molecule has 1 aromatic heterocycles. The second kappa shape index (κ2) is 8.40. The fraction of sp³-hybridized carbons (Fsp3) is 0.529. The Morgan fingerprint density at radius 2 is 1.85 bits per heavy atom. The predicted octanol–water partition coefficient (Wildman–Crippen LogP) is 5.16. The molecular formula is C17H26N2S. The molecule has 0 fully saturated rings. The molecule has 2 rings (SSSR count). The van der Waals surface area contributed by atoms with Crippen molar-refractivity contribution < 1.29 is 0 Å². The number of rotatable bonds is 9. The first-order chi connectivity index (χ1) is 9.85. The van der Waals surface area contributed by atoms with Gasteiger partial charge >= 0.3 is 0 Å². The number of hydrogen-bond acceptors (Lipinski definition) is 3. The van der Waals surface area contributed by atoms with E-state index in [1.54, 1.807) is 0 Å². The Hall–Kier alpha value is -0.900. The summed E-state index contributed by atoms with van der Waals surface area (Å²) in [4.78, 5) is 1.36. The Kier molecular flexibility index (Phi) is 6.51. The van der Waals surface area contributed by atoms with Gasteiger partial charge in [0.1, 0.15) is 0 Å². The number of benzene rings is 1. The van der Waals surface area contributed by atoms with Gasteiger partial charge in [0.2, 0.25) is 0 Å². The second-order valence-electron chi connectivity index (χ2n) is 5.46. The van der Waals surface area contributed by atoms with E-state index < -0.39 is 0 Å². The summed E-state index contributed by atoms with van der Waals surface area (Å²) < 4.78 is 1.35. The number of thiophene rings is 1. The highest BCUT2D eigenvalue weighted by Crippen LogP contribution is 2.31. The van der Waals surface area contributed by atoms with Crippen LogP contribution in [-0.2, 0) is 0 Å². The van der Waals surface area contributed by atoms with E-state index in [1.807, 2.05) is 11.3 Å². The molecule has 110 valence electrons. The summed E-state index contributed by atoms with van der Waals surface area (Å²) >= 11 is 1.86. The molecule has 0 saturated heterocycles. The monoisotopic (exact) mass is 290 g/mol. The predicted molar refractivity (Wildman–Crippen MR) is 89.9 cm³/mol. The highest BCUT2D eigenvalue weighted by Gasteiger charge is 2.12. The second-order valence-corrected chi connectivity index (χ2v) is 6.58. The van der Waals surface area contributed by atoms with E-state index in [9.17, 15) is 0 Å². The summed E-state index contributed by atoms with van der Waals surface area (Å²) in [6, 6.07) is 11.1. The van der Waals surface area contributed by atoms with E-state index in [4.69, 9.17) is 5.84 Å². The topological polar surface area (TPSA) is 38.0 Å². The van der Waals surface area contributed by atoms with Gasteiger partial charge in [-0.25, -0.2) is 0 Å². The molecule has 1 heterocycles. The van der Waals surface area contributed by atoms with Gasteiger partial charge < -0.3 is 0 Å². The van der Waals surface area contributed by atoms with E-state index in [2.05, 4.69) is 42.7 Å². The van der Waals surface area contributed by atoms with E-state index >= 15 is 0 Å². The lowest BCUT2D eigenvalue weighted by molar-refractivity contribution is 0.483. The van der Waals surface area contributed by atoms with Crippen LogP contribution in [0.4, 0.5) is 0 Å². The van der Waals surface area contributed by atoms with Crippen LogP contribution in [0, 0.1) is 0 Å². The van der Waals surface area contributed by atoms with Crippen molar-refractivity contribution in [1.82, 2.24) is 5.43 Å². The van der Waals surface area contributed by atoms with Gasteiger partial charge in [0, 0.05) is 9.58 Å². The summed E-state index contributed by atoms with van der Waals surface area (Å²) in [5, 5.41) is 1.33. The third-order valence-corrected chi connectivity index (χ3v) is 5.07. The van der Waals surface area contributed by atoms with Crippen LogP contribution in [0.3, 0.4) is 0 Å². The first-order valence-electron chi connectivity index (χ1n) is 7.79. The average Bonchev–Trinajstić information content (AvgIpc) is 2.90. The molecule has 3 N–H and O–H groups in total. The van der Waals surface area contributed by atoms with Crippen LogP contribution in [-0.4, -0.2) is 0 Å². The zero-order chi connectivity index (χ0) is 14.2. The highest BCUT2D eigenvalue weighted by molar-refractivity contribution is 7.19. The van der Waals surface area contributed by atoms with Gasteiger partial charge in [-0.15, -0.1) is 11.3 Å². The maximum Gasteiger partial charge on any atom is 0.0553 e. The molecule has 0 amide bonds. The summed E-state index contributed by atoms with van der Waals surface area (Å²) in [5.41, 5.74) is 2.99. The summed E-state index contributed by atoms with van der Waals surface area (Å²) in [6.07, 6.45) is 9.13. The smallest absolute Gasteiger partial charge is 0.0553 e. The molecule has 2 aromatic rings. The van der Waals surface area contributed by atoms with Gasteiger partial charge in [-0.1, -0.05) is 63.6 Å². The molecule has 0 spiro atoms. The Morgan fingerprint density at radius 3 is 2.60 bits per heavy atom. The van der Waals surface area contributed by atoms with Crippen LogP contribution in [0.2, 0.25) is 0 Å². The van der Waals surface area contributed by atoms with Crippen molar-refractivity contribution in [1.29, 1.82) is 0 Å². The van der Waals surface area contributed by atoms with Crippen LogP contribution in [0.15, 0.2) is 30.3 Å². The molecule has 0 radical (unpaired) electrons. The lowest BCUT2D eigenvalue weighted by Crippen LogP contribution is -2.27. The van der Waals surface area contributed by atoms with Gasteiger partial charge in [-0.2, -0.15) is 0 Å². The SMILES string of the molecule is CCCCCCCCC(NN)c1cc2ccccc2s1. The van der Waals surface area contributed by atoms with Crippen molar-refractivity contribution in [3.05, 3.63) is 35.2 Å². The largest absolute Gasteiger partial charge is 0.271 e. The van der Waals surface area contributed by atoms with Crippen molar-refractivity contribution in [3.63, 3.8) is 0 Å². The number of hydrazine groups is 1. The molecule has 0 aliphatic rings. The zero-order valence-corrected chi connectivity index (χ0v) is 13.2. The van der Waals surface area contributed by atoms with Gasteiger partial charge in [-0.05, 0) is 23.9 Å². The Labute approximate surface area is 126 Å². The van der Waals surface area contributed by atoms with Gasteiger partial charge in [0.15, 0.2) is 0 Å². The molecule has 0 aliphatic heterocycles. The maximum absolute atomic E-state index is 5.75. The fourth-order valence-electron chi connectivity index (χ4n) is 2.61. The number of nitrogens with two attached hydrogens (primary N) is 1. The minimum absolute atomic E-state index is 0.304. The van der Waals surface area contributed by atoms with E-state index in [0.717, 1.165) is 6.42 Å². The number of hydrogen-bond donors (Lipinski definition) is 2. The standard InChI is InChI=1S/C17H26N2S/c1-2-3-4-5-6-7-11-15(19-18)17-13-14-10-8-9-12-16(14)20-17/h8-10,12-13,15,19H,2-7,11,18H2,1H3. The van der Waals surface area contributed by atoms with Crippen LogP contribution in [0.5, 0.6) is 0 Å². The molecule has 20 heavy (non-hydrogen) atoms.